The van der Waals surface area contributed by atoms with Gasteiger partial charge in [0.1, 0.15) is 18.5 Å². The average Bonchev–Trinajstić information content (AvgIpc) is 3.24. The fourth-order valence-electron chi connectivity index (χ4n) is 3.45. The van der Waals surface area contributed by atoms with E-state index < -0.39 is 6.10 Å². The fourth-order valence-corrected chi connectivity index (χ4v) is 4.34. The zero-order valence-corrected chi connectivity index (χ0v) is 15.3. The Kier molecular flexibility index (Phi) is 5.93. The summed E-state index contributed by atoms with van der Waals surface area (Å²) >= 11 is 1.81. The van der Waals surface area contributed by atoms with Crippen LogP contribution < -0.4 is 4.74 Å². The van der Waals surface area contributed by atoms with Crippen LogP contribution in [0, 0.1) is 0 Å². The quantitative estimate of drug-likeness (QED) is 0.805. The zero-order valence-electron chi connectivity index (χ0n) is 14.5. The number of aliphatic hydroxyl groups excluding tert-OH is 1. The predicted molar refractivity (Wildman–Crippen MR) is 99.9 cm³/mol. The Morgan fingerprint density at radius 3 is 2.83 bits per heavy atom. The first-order chi connectivity index (χ1) is 11.6. The SMILES string of the molecule is CC(C)c1ccccc1OC[C@@H](O)CN1CCC[C@H]1c1cccs1. The van der Waals surface area contributed by atoms with Gasteiger partial charge in [0.25, 0.3) is 0 Å². The first-order valence-electron chi connectivity index (χ1n) is 8.82. The number of para-hydroxylation sites is 1. The van der Waals surface area contributed by atoms with E-state index in [4.69, 9.17) is 4.74 Å². The molecule has 1 aromatic heterocycles. The average molecular weight is 346 g/mol. The van der Waals surface area contributed by atoms with Crippen molar-refractivity contribution in [2.24, 2.45) is 0 Å². The Hall–Kier alpha value is -1.36. The molecule has 4 heteroatoms. The van der Waals surface area contributed by atoms with Crippen molar-refractivity contribution in [2.45, 2.75) is 44.8 Å². The van der Waals surface area contributed by atoms with Crippen molar-refractivity contribution in [1.29, 1.82) is 0 Å². The van der Waals surface area contributed by atoms with Crippen LogP contribution >= 0.6 is 11.3 Å². The van der Waals surface area contributed by atoms with Gasteiger partial charge >= 0.3 is 0 Å². The minimum absolute atomic E-state index is 0.345. The molecule has 1 aromatic carbocycles. The van der Waals surface area contributed by atoms with Gasteiger partial charge in [0.2, 0.25) is 0 Å². The highest BCUT2D eigenvalue weighted by molar-refractivity contribution is 7.10. The van der Waals surface area contributed by atoms with E-state index in [9.17, 15) is 5.11 Å². The van der Waals surface area contributed by atoms with Gasteiger partial charge in [0, 0.05) is 17.5 Å². The molecule has 2 heterocycles. The van der Waals surface area contributed by atoms with Gasteiger partial charge in [-0.25, -0.2) is 0 Å². The van der Waals surface area contributed by atoms with E-state index in [0.29, 0.717) is 25.1 Å². The standard InChI is InChI=1S/C20H27NO2S/c1-15(2)17-7-3-4-9-19(17)23-14-16(22)13-21-11-5-8-18(21)20-10-6-12-24-20/h3-4,6-7,9-10,12,15-16,18,22H,5,8,11,13-14H2,1-2H3/t16-,18-/m0/s1. The minimum atomic E-state index is -0.467. The lowest BCUT2D eigenvalue weighted by molar-refractivity contribution is 0.0639. The van der Waals surface area contributed by atoms with Gasteiger partial charge in [-0.15, -0.1) is 11.3 Å². The molecule has 0 unspecified atom stereocenters. The molecule has 0 amide bonds. The summed E-state index contributed by atoms with van der Waals surface area (Å²) in [7, 11) is 0. The number of nitrogens with zero attached hydrogens (tertiary/aromatic N) is 1. The lowest BCUT2D eigenvalue weighted by Crippen LogP contribution is -2.35. The number of β-amino-alcohol motifs (C(OH)–C–C–N with tert-alkyl or cyclic N) is 1. The van der Waals surface area contributed by atoms with E-state index in [1.807, 2.05) is 29.5 Å². The summed E-state index contributed by atoms with van der Waals surface area (Å²) in [6.07, 6.45) is 1.92. The van der Waals surface area contributed by atoms with Crippen LogP contribution in [0.5, 0.6) is 5.75 Å². The van der Waals surface area contributed by atoms with Crippen molar-refractivity contribution in [3.63, 3.8) is 0 Å². The smallest absolute Gasteiger partial charge is 0.122 e. The molecule has 0 aliphatic carbocycles. The summed E-state index contributed by atoms with van der Waals surface area (Å²) in [4.78, 5) is 3.81. The lowest BCUT2D eigenvalue weighted by atomic mass is 10.0. The second kappa shape index (κ2) is 8.15. The first-order valence-corrected chi connectivity index (χ1v) is 9.70. The van der Waals surface area contributed by atoms with Gasteiger partial charge in [0.05, 0.1) is 0 Å². The van der Waals surface area contributed by atoms with E-state index in [-0.39, 0.29) is 0 Å². The van der Waals surface area contributed by atoms with Crippen molar-refractivity contribution in [3.8, 4) is 5.75 Å². The molecule has 0 saturated carbocycles. The Morgan fingerprint density at radius 2 is 2.08 bits per heavy atom. The Balaban J connectivity index is 1.55. The second-order valence-electron chi connectivity index (χ2n) is 6.83. The third-order valence-corrected chi connectivity index (χ3v) is 5.63. The van der Waals surface area contributed by atoms with Crippen molar-refractivity contribution >= 4 is 11.3 Å². The van der Waals surface area contributed by atoms with E-state index >= 15 is 0 Å². The van der Waals surface area contributed by atoms with Crippen LogP contribution in [0.15, 0.2) is 41.8 Å². The summed E-state index contributed by atoms with van der Waals surface area (Å²) < 4.78 is 5.92. The van der Waals surface area contributed by atoms with Gasteiger partial charge < -0.3 is 9.84 Å². The molecule has 1 aliphatic heterocycles. The van der Waals surface area contributed by atoms with Gasteiger partial charge in [-0.3, -0.25) is 4.90 Å². The summed E-state index contributed by atoms with van der Waals surface area (Å²) in [6, 6.07) is 12.9. The molecule has 130 valence electrons. The Morgan fingerprint density at radius 1 is 1.25 bits per heavy atom. The van der Waals surface area contributed by atoms with E-state index in [1.54, 1.807) is 0 Å². The minimum Gasteiger partial charge on any atom is -0.491 e. The number of benzene rings is 1. The maximum Gasteiger partial charge on any atom is 0.122 e. The molecule has 1 N–H and O–H groups in total. The molecule has 0 spiro atoms. The largest absolute Gasteiger partial charge is 0.491 e. The van der Waals surface area contributed by atoms with Gasteiger partial charge in [-0.05, 0) is 48.4 Å². The van der Waals surface area contributed by atoms with Crippen LogP contribution in [-0.2, 0) is 0 Å². The molecule has 24 heavy (non-hydrogen) atoms. The van der Waals surface area contributed by atoms with Gasteiger partial charge in [-0.1, -0.05) is 38.1 Å². The molecule has 0 radical (unpaired) electrons. The normalized spacial score (nSPS) is 19.8. The highest BCUT2D eigenvalue weighted by atomic mass is 32.1. The first kappa shape index (κ1) is 17.5. The summed E-state index contributed by atoms with van der Waals surface area (Å²) in [6.45, 7) is 6.40. The third kappa shape index (κ3) is 4.18. The molecule has 1 aliphatic rings. The molecule has 2 aromatic rings. The second-order valence-corrected chi connectivity index (χ2v) is 7.81. The zero-order chi connectivity index (χ0) is 16.9. The van der Waals surface area contributed by atoms with Gasteiger partial charge in [0.15, 0.2) is 0 Å². The Labute approximate surface area is 148 Å². The summed E-state index contributed by atoms with van der Waals surface area (Å²) in [5, 5.41) is 12.6. The van der Waals surface area contributed by atoms with Crippen molar-refractivity contribution < 1.29 is 9.84 Å². The number of hydrogen-bond donors (Lipinski definition) is 1. The molecule has 2 atom stereocenters. The van der Waals surface area contributed by atoms with E-state index in [0.717, 1.165) is 12.3 Å². The highest BCUT2D eigenvalue weighted by Crippen LogP contribution is 2.34. The number of rotatable bonds is 7. The van der Waals surface area contributed by atoms with Crippen molar-refractivity contribution in [3.05, 3.63) is 52.2 Å². The van der Waals surface area contributed by atoms with Crippen LogP contribution in [0.2, 0.25) is 0 Å². The van der Waals surface area contributed by atoms with Crippen molar-refractivity contribution in [1.82, 2.24) is 4.90 Å². The van der Waals surface area contributed by atoms with E-state index in [1.165, 1.54) is 23.3 Å². The molecular weight excluding hydrogens is 318 g/mol. The van der Waals surface area contributed by atoms with Crippen molar-refractivity contribution in [2.75, 3.05) is 19.7 Å². The lowest BCUT2D eigenvalue weighted by Gasteiger charge is -2.26. The van der Waals surface area contributed by atoms with Crippen LogP contribution in [0.3, 0.4) is 0 Å². The molecule has 3 rings (SSSR count). The predicted octanol–water partition coefficient (Wildman–Crippen LogP) is 4.45. The maximum atomic E-state index is 10.5. The topological polar surface area (TPSA) is 32.7 Å². The molecule has 0 bridgehead atoms. The number of thiophene rings is 1. The molecular formula is C20H27NO2S. The Bertz CT molecular complexity index is 626. The van der Waals surface area contributed by atoms with Crippen LogP contribution in [0.25, 0.3) is 0 Å². The van der Waals surface area contributed by atoms with Crippen LogP contribution in [0.1, 0.15) is 49.1 Å². The van der Waals surface area contributed by atoms with E-state index in [2.05, 4.69) is 42.3 Å². The van der Waals surface area contributed by atoms with Crippen LogP contribution in [-0.4, -0.2) is 35.8 Å². The highest BCUT2D eigenvalue weighted by Gasteiger charge is 2.28. The molecule has 1 saturated heterocycles. The number of likely N-dealkylation sites (tertiary alicyclic amines) is 1. The maximum absolute atomic E-state index is 10.5. The summed E-state index contributed by atoms with van der Waals surface area (Å²) in [5.41, 5.74) is 1.20. The molecule has 3 nitrogen and oxygen atoms in total. The fraction of sp³-hybridized carbons (Fsp3) is 0.500. The van der Waals surface area contributed by atoms with Gasteiger partial charge in [-0.2, -0.15) is 0 Å². The number of hydrogen-bond acceptors (Lipinski definition) is 4. The monoisotopic (exact) mass is 345 g/mol. The third-order valence-electron chi connectivity index (χ3n) is 4.65. The number of aliphatic hydroxyl groups is 1. The van der Waals surface area contributed by atoms with Crippen LogP contribution in [0.4, 0.5) is 0 Å². The number of ether oxygens (including phenoxy) is 1. The molecule has 1 fully saturated rings. The summed E-state index contributed by atoms with van der Waals surface area (Å²) in [5.74, 6) is 1.31.